The normalized spacial score (nSPS) is 15.0. The van der Waals surface area contributed by atoms with E-state index in [0.29, 0.717) is 17.7 Å². The van der Waals surface area contributed by atoms with Gasteiger partial charge in [0.25, 0.3) is 5.56 Å². The average Bonchev–Trinajstić information content (AvgIpc) is 3.44. The highest BCUT2D eigenvalue weighted by atomic mass is 16.2. The van der Waals surface area contributed by atoms with Crippen LogP contribution in [0.1, 0.15) is 24.8 Å². The van der Waals surface area contributed by atoms with Gasteiger partial charge in [0.2, 0.25) is 0 Å². The minimum Gasteiger partial charge on any atom is -0.361 e. The molecule has 0 amide bonds. The molecule has 32 heavy (non-hydrogen) atoms. The van der Waals surface area contributed by atoms with E-state index in [1.54, 1.807) is 13.4 Å². The van der Waals surface area contributed by atoms with Crippen LogP contribution in [0.15, 0.2) is 52.5 Å². The number of unbranched alkanes of at least 4 members (excludes halogenated alkanes) is 1. The van der Waals surface area contributed by atoms with E-state index in [4.69, 9.17) is 0 Å². The van der Waals surface area contributed by atoms with Gasteiger partial charge in [0.15, 0.2) is 11.2 Å². The van der Waals surface area contributed by atoms with Gasteiger partial charge in [-0.1, -0.05) is 24.3 Å². The van der Waals surface area contributed by atoms with Crippen LogP contribution in [0.25, 0.3) is 27.6 Å². The molecule has 1 aliphatic rings. The molecular formula is C24H28N6O2. The Hall–Kier alpha value is -3.39. The first kappa shape index (κ1) is 20.5. The molecule has 0 unspecified atom stereocenters. The minimum absolute atomic E-state index is 0.286. The van der Waals surface area contributed by atoms with Gasteiger partial charge in [-0.3, -0.25) is 18.8 Å². The second-order valence-electron chi connectivity index (χ2n) is 8.55. The molecule has 3 aromatic heterocycles. The van der Waals surface area contributed by atoms with Gasteiger partial charge in [-0.25, -0.2) is 9.78 Å². The highest BCUT2D eigenvalue weighted by Gasteiger charge is 2.16. The Morgan fingerprint density at radius 3 is 2.69 bits per heavy atom. The lowest BCUT2D eigenvalue weighted by Crippen LogP contribution is -2.37. The number of nitrogens with zero attached hydrogens (tertiary/aromatic N) is 5. The number of aromatic nitrogens is 5. The van der Waals surface area contributed by atoms with Crippen LogP contribution in [0.4, 0.5) is 0 Å². The Morgan fingerprint density at radius 1 is 1.06 bits per heavy atom. The van der Waals surface area contributed by atoms with Crippen LogP contribution in [-0.4, -0.2) is 48.2 Å². The molecule has 8 nitrogen and oxygen atoms in total. The van der Waals surface area contributed by atoms with E-state index < -0.39 is 0 Å². The largest absolute Gasteiger partial charge is 0.361 e. The number of nitrogens with one attached hydrogen (secondary N) is 1. The SMILES string of the molecule is Cn1c(=O)c2c(ncn2CCCCN2CC=C(c3c[nH]c4ccccc34)CC2)n(C)c1=O. The molecule has 0 fully saturated rings. The van der Waals surface area contributed by atoms with Crippen molar-refractivity contribution in [2.45, 2.75) is 25.8 Å². The van der Waals surface area contributed by atoms with Gasteiger partial charge in [0.05, 0.1) is 6.33 Å². The standard InChI is InChI=1S/C24H28N6O2/c1-27-22-21(23(31)28(2)24(27)32)30(16-26-22)12-6-5-11-29-13-9-17(10-14-29)19-15-25-20-8-4-3-7-18(19)20/h3-4,7-9,15-16,25H,5-6,10-14H2,1-2H3. The van der Waals surface area contributed by atoms with E-state index in [1.807, 2.05) is 4.57 Å². The van der Waals surface area contributed by atoms with Crippen LogP contribution in [0.5, 0.6) is 0 Å². The lowest BCUT2D eigenvalue weighted by molar-refractivity contribution is 0.293. The maximum atomic E-state index is 12.5. The molecule has 1 N–H and O–H groups in total. The molecule has 1 aliphatic heterocycles. The Balaban J connectivity index is 1.19. The summed E-state index contributed by atoms with van der Waals surface area (Å²) in [7, 11) is 3.16. The third kappa shape index (κ3) is 3.50. The topological polar surface area (TPSA) is 80.8 Å². The van der Waals surface area contributed by atoms with Crippen molar-refractivity contribution in [2.24, 2.45) is 14.1 Å². The summed E-state index contributed by atoms with van der Waals surface area (Å²) in [6.07, 6.45) is 9.20. The number of aromatic amines is 1. The van der Waals surface area contributed by atoms with E-state index in [-0.39, 0.29) is 11.2 Å². The molecule has 5 rings (SSSR count). The van der Waals surface area contributed by atoms with Crippen molar-refractivity contribution in [3.63, 3.8) is 0 Å². The molecule has 0 radical (unpaired) electrons. The molecule has 0 saturated carbocycles. The molecule has 0 bridgehead atoms. The summed E-state index contributed by atoms with van der Waals surface area (Å²) in [6.45, 7) is 3.77. The molecule has 1 aromatic carbocycles. The van der Waals surface area contributed by atoms with Crippen molar-refractivity contribution in [1.29, 1.82) is 0 Å². The van der Waals surface area contributed by atoms with Gasteiger partial charge < -0.3 is 9.55 Å². The molecule has 4 heterocycles. The molecule has 4 aromatic rings. The number of fused-ring (bicyclic) bond motifs is 2. The summed E-state index contributed by atoms with van der Waals surface area (Å²) in [5.74, 6) is 0. The summed E-state index contributed by atoms with van der Waals surface area (Å²) in [5, 5.41) is 1.29. The average molecular weight is 433 g/mol. The number of benzene rings is 1. The molecule has 0 aliphatic carbocycles. The van der Waals surface area contributed by atoms with Crippen molar-refractivity contribution in [3.8, 4) is 0 Å². The first-order valence-electron chi connectivity index (χ1n) is 11.1. The summed E-state index contributed by atoms with van der Waals surface area (Å²) in [5.41, 5.74) is 4.24. The molecule has 0 saturated heterocycles. The highest BCUT2D eigenvalue weighted by molar-refractivity contribution is 5.92. The van der Waals surface area contributed by atoms with E-state index in [9.17, 15) is 9.59 Å². The molecule has 0 spiro atoms. The predicted molar refractivity (Wildman–Crippen MR) is 127 cm³/mol. The molecule has 166 valence electrons. The Kier molecular flexibility index (Phi) is 5.30. The second-order valence-corrected chi connectivity index (χ2v) is 8.55. The van der Waals surface area contributed by atoms with Gasteiger partial charge in [-0.2, -0.15) is 0 Å². The maximum Gasteiger partial charge on any atom is 0.332 e. The summed E-state index contributed by atoms with van der Waals surface area (Å²) in [4.78, 5) is 34.8. The van der Waals surface area contributed by atoms with E-state index in [0.717, 1.165) is 43.5 Å². The smallest absolute Gasteiger partial charge is 0.332 e. The van der Waals surface area contributed by atoms with E-state index in [2.05, 4.69) is 51.4 Å². The van der Waals surface area contributed by atoms with Gasteiger partial charge in [0.1, 0.15) is 0 Å². The quantitative estimate of drug-likeness (QED) is 0.475. The van der Waals surface area contributed by atoms with E-state index in [1.165, 1.54) is 33.7 Å². The number of hydrogen-bond acceptors (Lipinski definition) is 4. The first-order valence-corrected chi connectivity index (χ1v) is 11.1. The van der Waals surface area contributed by atoms with Crippen molar-refractivity contribution in [2.75, 3.05) is 19.6 Å². The van der Waals surface area contributed by atoms with E-state index >= 15 is 0 Å². The fraction of sp³-hybridized carbons (Fsp3) is 0.375. The van der Waals surface area contributed by atoms with Crippen molar-refractivity contribution >= 4 is 27.6 Å². The number of H-pyrrole nitrogens is 1. The van der Waals surface area contributed by atoms with Gasteiger partial charge in [0, 0.05) is 56.4 Å². The Morgan fingerprint density at radius 2 is 1.88 bits per heavy atom. The fourth-order valence-corrected chi connectivity index (χ4v) is 4.68. The first-order chi connectivity index (χ1) is 15.5. The van der Waals surface area contributed by atoms with Crippen molar-refractivity contribution in [3.05, 3.63) is 69.3 Å². The lowest BCUT2D eigenvalue weighted by Gasteiger charge is -2.26. The minimum atomic E-state index is -0.349. The molecule has 0 atom stereocenters. The van der Waals surface area contributed by atoms with Crippen LogP contribution in [-0.2, 0) is 20.6 Å². The monoisotopic (exact) mass is 432 g/mol. The third-order valence-electron chi connectivity index (χ3n) is 6.57. The van der Waals surface area contributed by atoms with Crippen LogP contribution in [0.2, 0.25) is 0 Å². The number of imidazole rings is 1. The fourth-order valence-electron chi connectivity index (χ4n) is 4.68. The molecular weight excluding hydrogens is 404 g/mol. The van der Waals surface area contributed by atoms with Crippen LogP contribution in [0, 0.1) is 0 Å². The van der Waals surface area contributed by atoms with Crippen LogP contribution >= 0.6 is 0 Å². The summed E-state index contributed by atoms with van der Waals surface area (Å²) >= 11 is 0. The zero-order valence-electron chi connectivity index (χ0n) is 18.5. The maximum absolute atomic E-state index is 12.5. The lowest BCUT2D eigenvalue weighted by atomic mass is 9.99. The highest BCUT2D eigenvalue weighted by Crippen LogP contribution is 2.29. The number of aryl methyl sites for hydroxylation is 2. The van der Waals surface area contributed by atoms with Gasteiger partial charge in [-0.15, -0.1) is 0 Å². The van der Waals surface area contributed by atoms with Gasteiger partial charge in [-0.05, 0) is 37.4 Å². The van der Waals surface area contributed by atoms with Crippen LogP contribution < -0.4 is 11.2 Å². The van der Waals surface area contributed by atoms with Crippen molar-refractivity contribution < 1.29 is 0 Å². The zero-order chi connectivity index (χ0) is 22.2. The number of para-hydroxylation sites is 1. The van der Waals surface area contributed by atoms with Gasteiger partial charge >= 0.3 is 5.69 Å². The number of rotatable bonds is 6. The zero-order valence-corrected chi connectivity index (χ0v) is 18.5. The van der Waals surface area contributed by atoms with Crippen molar-refractivity contribution in [1.82, 2.24) is 28.6 Å². The summed E-state index contributed by atoms with van der Waals surface area (Å²) in [6, 6.07) is 8.45. The Labute approximate surface area is 185 Å². The van der Waals surface area contributed by atoms with Crippen LogP contribution in [0.3, 0.4) is 0 Å². The third-order valence-corrected chi connectivity index (χ3v) is 6.57. The summed E-state index contributed by atoms with van der Waals surface area (Å²) < 4.78 is 4.45. The predicted octanol–water partition coefficient (Wildman–Crippen LogP) is 2.48. The molecule has 8 heteroatoms. The number of hydrogen-bond donors (Lipinski definition) is 1. The Bertz CT molecular complexity index is 1430. The second kappa shape index (κ2) is 8.27.